The molecule has 0 saturated carbocycles. The number of para-hydroxylation sites is 1. The summed E-state index contributed by atoms with van der Waals surface area (Å²) in [6.07, 6.45) is 0.922. The summed E-state index contributed by atoms with van der Waals surface area (Å²) in [7, 11) is 1.77. The van der Waals surface area contributed by atoms with Crippen molar-refractivity contribution < 1.29 is 9.47 Å². The van der Waals surface area contributed by atoms with Crippen LogP contribution in [0.2, 0.25) is 0 Å². The van der Waals surface area contributed by atoms with Gasteiger partial charge >= 0.3 is 6.01 Å². The molecule has 0 atom stereocenters. The van der Waals surface area contributed by atoms with Gasteiger partial charge in [-0.15, -0.1) is 0 Å². The van der Waals surface area contributed by atoms with E-state index in [1.165, 1.54) is 5.56 Å². The summed E-state index contributed by atoms with van der Waals surface area (Å²) in [6.45, 7) is 4.57. The van der Waals surface area contributed by atoms with Crippen molar-refractivity contribution >= 4 is 5.95 Å². The predicted octanol–water partition coefficient (Wildman–Crippen LogP) is 2.30. The van der Waals surface area contributed by atoms with Crippen LogP contribution >= 0.6 is 0 Å². The van der Waals surface area contributed by atoms with Crippen molar-refractivity contribution in [2.24, 2.45) is 0 Å². The molecule has 2 aromatic rings. The molecule has 110 valence electrons. The predicted molar refractivity (Wildman–Crippen MR) is 79.8 cm³/mol. The number of nitrogens with one attached hydrogen (secondary N) is 1. The van der Waals surface area contributed by atoms with Gasteiger partial charge in [0.05, 0.1) is 18.3 Å². The molecule has 6 heteroatoms. The van der Waals surface area contributed by atoms with E-state index in [0.717, 1.165) is 17.7 Å². The molecule has 0 radical (unpaired) electrons. The fraction of sp³-hybridized carbons (Fsp3) is 0.400. The minimum absolute atomic E-state index is 0.00249. The third-order valence-electron chi connectivity index (χ3n) is 3.13. The number of benzene rings is 1. The first-order chi connectivity index (χ1) is 10.2. The van der Waals surface area contributed by atoms with Gasteiger partial charge in [0, 0.05) is 13.5 Å². The van der Waals surface area contributed by atoms with Crippen LogP contribution in [-0.2, 0) is 6.42 Å². The van der Waals surface area contributed by atoms with Gasteiger partial charge in [-0.3, -0.25) is 0 Å². The van der Waals surface area contributed by atoms with Crippen molar-refractivity contribution in [3.63, 3.8) is 0 Å². The second kappa shape index (κ2) is 5.55. The van der Waals surface area contributed by atoms with Crippen molar-refractivity contribution in [3.05, 3.63) is 23.8 Å². The largest absolute Gasteiger partial charge is 0.492 e. The van der Waals surface area contributed by atoms with Crippen LogP contribution in [0, 0.1) is 0 Å². The zero-order chi connectivity index (χ0) is 14.8. The molecule has 21 heavy (non-hydrogen) atoms. The molecule has 0 saturated heterocycles. The molecule has 0 aliphatic carbocycles. The van der Waals surface area contributed by atoms with Crippen LogP contribution in [0.25, 0.3) is 11.4 Å². The zero-order valence-electron chi connectivity index (χ0n) is 12.4. The van der Waals surface area contributed by atoms with Gasteiger partial charge in [-0.25, -0.2) is 0 Å². The molecule has 0 amide bonds. The molecule has 0 bridgehead atoms. The van der Waals surface area contributed by atoms with Crippen molar-refractivity contribution in [2.75, 3.05) is 19.0 Å². The highest BCUT2D eigenvalue weighted by Gasteiger charge is 2.20. The fourth-order valence-corrected chi connectivity index (χ4v) is 2.24. The van der Waals surface area contributed by atoms with Crippen LogP contribution < -0.4 is 14.8 Å². The van der Waals surface area contributed by atoms with Gasteiger partial charge in [0.25, 0.3) is 0 Å². The van der Waals surface area contributed by atoms with Crippen LogP contribution in [0.5, 0.6) is 11.8 Å². The van der Waals surface area contributed by atoms with Gasteiger partial charge in [-0.2, -0.15) is 15.0 Å². The fourth-order valence-electron chi connectivity index (χ4n) is 2.24. The SMILES string of the molecule is CNc1nc(OC(C)C)nc(-c2cccc3c2OCC3)n1. The minimum atomic E-state index is 0.00249. The Morgan fingerprint density at radius 1 is 1.24 bits per heavy atom. The Kier molecular flexibility index (Phi) is 3.60. The first-order valence-corrected chi connectivity index (χ1v) is 7.03. The number of rotatable bonds is 4. The lowest BCUT2D eigenvalue weighted by atomic mass is 10.1. The van der Waals surface area contributed by atoms with Gasteiger partial charge in [0.15, 0.2) is 5.82 Å². The lowest BCUT2D eigenvalue weighted by molar-refractivity contribution is 0.222. The maximum Gasteiger partial charge on any atom is 0.322 e. The van der Waals surface area contributed by atoms with E-state index in [4.69, 9.17) is 9.47 Å². The summed E-state index contributed by atoms with van der Waals surface area (Å²) in [4.78, 5) is 13.0. The number of hydrogen-bond acceptors (Lipinski definition) is 6. The highest BCUT2D eigenvalue weighted by atomic mass is 16.5. The molecule has 1 aliphatic heterocycles. The van der Waals surface area contributed by atoms with E-state index < -0.39 is 0 Å². The van der Waals surface area contributed by atoms with E-state index in [1.54, 1.807) is 7.05 Å². The topological polar surface area (TPSA) is 69.2 Å². The Bertz CT molecular complexity index is 658. The Morgan fingerprint density at radius 2 is 2.10 bits per heavy atom. The molecule has 0 fully saturated rings. The average Bonchev–Trinajstić information content (AvgIpc) is 2.94. The van der Waals surface area contributed by atoms with Crippen molar-refractivity contribution in [1.82, 2.24) is 15.0 Å². The highest BCUT2D eigenvalue weighted by Crippen LogP contribution is 2.35. The Hall–Kier alpha value is -2.37. The van der Waals surface area contributed by atoms with E-state index in [1.807, 2.05) is 26.0 Å². The molecule has 6 nitrogen and oxygen atoms in total. The first kappa shape index (κ1) is 13.6. The van der Waals surface area contributed by atoms with Crippen LogP contribution in [0.3, 0.4) is 0 Å². The molecule has 0 spiro atoms. The first-order valence-electron chi connectivity index (χ1n) is 7.03. The maximum atomic E-state index is 5.72. The Balaban J connectivity index is 2.07. The quantitative estimate of drug-likeness (QED) is 0.930. The van der Waals surface area contributed by atoms with Crippen LogP contribution in [0.4, 0.5) is 5.95 Å². The molecule has 1 N–H and O–H groups in total. The smallest absolute Gasteiger partial charge is 0.322 e. The van der Waals surface area contributed by atoms with Gasteiger partial charge in [0.2, 0.25) is 5.95 Å². The normalized spacial score (nSPS) is 13.0. The number of ether oxygens (including phenoxy) is 2. The van der Waals surface area contributed by atoms with E-state index in [9.17, 15) is 0 Å². The van der Waals surface area contributed by atoms with Crippen LogP contribution in [-0.4, -0.2) is 34.7 Å². The molecule has 3 rings (SSSR count). The molecular weight excluding hydrogens is 268 g/mol. The van der Waals surface area contributed by atoms with E-state index >= 15 is 0 Å². The summed E-state index contributed by atoms with van der Waals surface area (Å²) in [6, 6.07) is 6.33. The summed E-state index contributed by atoms with van der Waals surface area (Å²) < 4.78 is 11.3. The lowest BCUT2D eigenvalue weighted by Gasteiger charge is -2.11. The summed E-state index contributed by atoms with van der Waals surface area (Å²) in [5.41, 5.74) is 2.06. The number of hydrogen-bond donors (Lipinski definition) is 1. The van der Waals surface area contributed by atoms with Gasteiger partial charge in [0.1, 0.15) is 5.75 Å². The van der Waals surface area contributed by atoms with Crippen molar-refractivity contribution in [2.45, 2.75) is 26.4 Å². The summed E-state index contributed by atoms with van der Waals surface area (Å²) in [5.74, 6) is 1.90. The molecule has 2 heterocycles. The van der Waals surface area contributed by atoms with Gasteiger partial charge in [-0.1, -0.05) is 12.1 Å². The standard InChI is InChI=1S/C15H18N4O2/c1-9(2)21-15-18-13(17-14(16-3)19-15)11-6-4-5-10-7-8-20-12(10)11/h4-6,9H,7-8H2,1-3H3,(H,16,17,18,19). The number of aromatic nitrogens is 3. The summed E-state index contributed by atoms with van der Waals surface area (Å²) in [5, 5.41) is 2.94. The Morgan fingerprint density at radius 3 is 2.86 bits per heavy atom. The van der Waals surface area contributed by atoms with Gasteiger partial charge in [-0.05, 0) is 25.5 Å². The minimum Gasteiger partial charge on any atom is -0.492 e. The molecule has 1 aromatic carbocycles. The van der Waals surface area contributed by atoms with Crippen LogP contribution in [0.1, 0.15) is 19.4 Å². The third kappa shape index (κ3) is 2.74. The van der Waals surface area contributed by atoms with E-state index in [2.05, 4.69) is 26.3 Å². The molecule has 0 unspecified atom stereocenters. The van der Waals surface area contributed by atoms with E-state index in [0.29, 0.717) is 24.4 Å². The second-order valence-corrected chi connectivity index (χ2v) is 5.07. The Labute approximate surface area is 123 Å². The van der Waals surface area contributed by atoms with Gasteiger partial charge < -0.3 is 14.8 Å². The number of anilines is 1. The molecule has 1 aromatic heterocycles. The maximum absolute atomic E-state index is 5.72. The second-order valence-electron chi connectivity index (χ2n) is 5.07. The summed E-state index contributed by atoms with van der Waals surface area (Å²) >= 11 is 0. The zero-order valence-corrected chi connectivity index (χ0v) is 12.4. The monoisotopic (exact) mass is 286 g/mol. The third-order valence-corrected chi connectivity index (χ3v) is 3.13. The number of fused-ring (bicyclic) bond motifs is 1. The molecular formula is C15H18N4O2. The van der Waals surface area contributed by atoms with Crippen LogP contribution in [0.15, 0.2) is 18.2 Å². The number of nitrogens with zero attached hydrogens (tertiary/aromatic N) is 3. The van der Waals surface area contributed by atoms with Crippen molar-refractivity contribution in [1.29, 1.82) is 0 Å². The lowest BCUT2D eigenvalue weighted by Crippen LogP contribution is -2.11. The van der Waals surface area contributed by atoms with E-state index in [-0.39, 0.29) is 6.10 Å². The average molecular weight is 286 g/mol. The highest BCUT2D eigenvalue weighted by molar-refractivity contribution is 5.68. The van der Waals surface area contributed by atoms with Crippen molar-refractivity contribution in [3.8, 4) is 23.1 Å². The molecule has 1 aliphatic rings.